The van der Waals surface area contributed by atoms with Crippen LogP contribution in [0, 0.1) is 17.7 Å². The molecule has 3 atom stereocenters. The van der Waals surface area contributed by atoms with Crippen LogP contribution in [0.3, 0.4) is 0 Å². The Morgan fingerprint density at radius 2 is 2.16 bits per heavy atom. The van der Waals surface area contributed by atoms with Gasteiger partial charge >= 0.3 is 0 Å². The Bertz CT molecular complexity index is 628. The van der Waals surface area contributed by atoms with E-state index in [2.05, 4.69) is 5.32 Å². The van der Waals surface area contributed by atoms with Crippen molar-refractivity contribution in [2.45, 2.75) is 64.0 Å². The zero-order valence-electron chi connectivity index (χ0n) is 15.2. The van der Waals surface area contributed by atoms with E-state index in [9.17, 15) is 9.18 Å². The number of nitrogens with one attached hydrogen (secondary N) is 1. The minimum atomic E-state index is -0.464. The minimum Gasteiger partial charge on any atom is -0.490 e. The minimum absolute atomic E-state index is 0.0355. The van der Waals surface area contributed by atoms with Gasteiger partial charge in [-0.15, -0.1) is 0 Å². The second-order valence-electron chi connectivity index (χ2n) is 7.98. The lowest BCUT2D eigenvalue weighted by Gasteiger charge is -2.37. The molecule has 1 aromatic carbocycles. The van der Waals surface area contributed by atoms with E-state index in [0.29, 0.717) is 12.5 Å². The predicted molar refractivity (Wildman–Crippen MR) is 95.7 cm³/mol. The summed E-state index contributed by atoms with van der Waals surface area (Å²) in [6.07, 6.45) is 6.11. The van der Waals surface area contributed by atoms with Crippen LogP contribution in [-0.4, -0.2) is 18.1 Å². The van der Waals surface area contributed by atoms with Gasteiger partial charge in [0.15, 0.2) is 11.6 Å². The molecule has 0 radical (unpaired) electrons. The molecule has 0 bridgehead atoms. The number of carbonyl (C=O) groups is 1. The molecule has 0 aliphatic heterocycles. The van der Waals surface area contributed by atoms with E-state index in [1.807, 2.05) is 19.9 Å². The van der Waals surface area contributed by atoms with Crippen LogP contribution in [0.1, 0.15) is 64.0 Å². The molecule has 2 aliphatic carbocycles. The molecular formula is C20H29FN2O2. The van der Waals surface area contributed by atoms with Crippen LogP contribution in [0.25, 0.3) is 0 Å². The highest BCUT2D eigenvalue weighted by molar-refractivity contribution is 5.80. The molecule has 3 rings (SSSR count). The van der Waals surface area contributed by atoms with Crippen molar-refractivity contribution >= 4 is 5.91 Å². The van der Waals surface area contributed by atoms with Gasteiger partial charge < -0.3 is 15.8 Å². The Kier molecular flexibility index (Phi) is 5.32. The highest BCUT2D eigenvalue weighted by atomic mass is 19.1. The lowest BCUT2D eigenvalue weighted by atomic mass is 9.74. The van der Waals surface area contributed by atoms with Crippen molar-refractivity contribution in [2.24, 2.45) is 17.6 Å². The summed E-state index contributed by atoms with van der Waals surface area (Å²) in [6.45, 7) is 4.40. The number of carbonyl (C=O) groups excluding carboxylic acids is 1. The fraction of sp³-hybridized carbons (Fsp3) is 0.650. The van der Waals surface area contributed by atoms with Crippen LogP contribution in [0.4, 0.5) is 4.39 Å². The molecule has 2 fully saturated rings. The lowest BCUT2D eigenvalue weighted by molar-refractivity contribution is -0.128. The Hall–Kier alpha value is -1.62. The second-order valence-corrected chi connectivity index (χ2v) is 7.98. The molecule has 3 N–H and O–H groups in total. The number of rotatable bonds is 6. The molecule has 0 aromatic heterocycles. The highest BCUT2D eigenvalue weighted by Gasteiger charge is 2.38. The first kappa shape index (κ1) is 18.2. The highest BCUT2D eigenvalue weighted by Crippen LogP contribution is 2.33. The van der Waals surface area contributed by atoms with Gasteiger partial charge in [0.1, 0.15) is 0 Å². The van der Waals surface area contributed by atoms with E-state index < -0.39 is 5.54 Å². The van der Waals surface area contributed by atoms with E-state index in [1.54, 1.807) is 6.07 Å². The average molecular weight is 348 g/mol. The van der Waals surface area contributed by atoms with Gasteiger partial charge in [-0.1, -0.05) is 18.9 Å². The van der Waals surface area contributed by atoms with Crippen LogP contribution < -0.4 is 15.8 Å². The zero-order valence-corrected chi connectivity index (χ0v) is 15.2. The summed E-state index contributed by atoms with van der Waals surface area (Å²) in [5.41, 5.74) is 6.58. The smallest absolute Gasteiger partial charge is 0.225 e. The first-order valence-electron chi connectivity index (χ1n) is 9.38. The molecule has 3 unspecified atom stereocenters. The third-order valence-corrected chi connectivity index (χ3v) is 5.56. The van der Waals surface area contributed by atoms with Gasteiger partial charge in [0.25, 0.3) is 0 Å². The first-order chi connectivity index (χ1) is 11.9. The van der Waals surface area contributed by atoms with Gasteiger partial charge in [-0.05, 0) is 63.1 Å². The number of halogens is 1. The summed E-state index contributed by atoms with van der Waals surface area (Å²) in [7, 11) is 0. The molecule has 4 nitrogen and oxygen atoms in total. The summed E-state index contributed by atoms with van der Waals surface area (Å²) in [4.78, 5) is 12.6. The molecule has 2 saturated carbocycles. The normalized spacial score (nSPS) is 27.6. The van der Waals surface area contributed by atoms with Gasteiger partial charge in [-0.2, -0.15) is 0 Å². The Labute approximate surface area is 149 Å². The summed E-state index contributed by atoms with van der Waals surface area (Å²) < 4.78 is 19.8. The number of amides is 1. The Morgan fingerprint density at radius 1 is 1.40 bits per heavy atom. The molecule has 2 aliphatic rings. The van der Waals surface area contributed by atoms with Crippen molar-refractivity contribution in [3.05, 3.63) is 29.6 Å². The summed E-state index contributed by atoms with van der Waals surface area (Å²) in [5.74, 6) is 0.274. The third-order valence-electron chi connectivity index (χ3n) is 5.56. The van der Waals surface area contributed by atoms with Gasteiger partial charge in [0.2, 0.25) is 5.91 Å². The van der Waals surface area contributed by atoms with E-state index >= 15 is 0 Å². The molecule has 1 aromatic rings. The number of hydrogen-bond acceptors (Lipinski definition) is 3. The Balaban J connectivity index is 1.60. The lowest BCUT2D eigenvalue weighted by Crippen LogP contribution is -2.53. The van der Waals surface area contributed by atoms with Crippen molar-refractivity contribution in [1.82, 2.24) is 5.32 Å². The molecule has 5 heteroatoms. The average Bonchev–Trinajstić information content (AvgIpc) is 3.37. The van der Waals surface area contributed by atoms with Crippen molar-refractivity contribution in [3.8, 4) is 5.75 Å². The summed E-state index contributed by atoms with van der Waals surface area (Å²) >= 11 is 0. The maximum Gasteiger partial charge on any atom is 0.225 e. The number of hydrogen-bond donors (Lipinski definition) is 2. The second kappa shape index (κ2) is 7.32. The van der Waals surface area contributed by atoms with E-state index in [4.69, 9.17) is 10.5 Å². The van der Waals surface area contributed by atoms with Crippen molar-refractivity contribution < 1.29 is 13.9 Å². The molecular weight excluding hydrogens is 319 g/mol. The van der Waals surface area contributed by atoms with E-state index in [0.717, 1.165) is 31.2 Å². The van der Waals surface area contributed by atoms with Crippen LogP contribution in [-0.2, 0) is 4.79 Å². The Morgan fingerprint density at radius 3 is 2.80 bits per heavy atom. The molecule has 0 saturated heterocycles. The summed E-state index contributed by atoms with van der Waals surface area (Å²) in [5, 5.41) is 3.00. The third kappa shape index (κ3) is 4.51. The van der Waals surface area contributed by atoms with Crippen LogP contribution in [0.2, 0.25) is 0 Å². The molecule has 25 heavy (non-hydrogen) atoms. The van der Waals surface area contributed by atoms with Crippen molar-refractivity contribution in [3.63, 3.8) is 0 Å². The van der Waals surface area contributed by atoms with Gasteiger partial charge in [0.05, 0.1) is 18.6 Å². The maximum absolute atomic E-state index is 14.2. The van der Waals surface area contributed by atoms with Crippen molar-refractivity contribution in [2.75, 3.05) is 6.61 Å². The maximum atomic E-state index is 14.2. The van der Waals surface area contributed by atoms with Gasteiger partial charge in [0, 0.05) is 5.54 Å². The van der Waals surface area contributed by atoms with Crippen LogP contribution in [0.5, 0.6) is 5.75 Å². The number of nitrogens with two attached hydrogens (primary N) is 1. The van der Waals surface area contributed by atoms with Crippen molar-refractivity contribution in [1.29, 1.82) is 0 Å². The fourth-order valence-electron chi connectivity index (χ4n) is 3.58. The quantitative estimate of drug-likeness (QED) is 0.824. The molecule has 0 spiro atoms. The van der Waals surface area contributed by atoms with Gasteiger partial charge in [-0.3, -0.25) is 4.79 Å². The molecule has 1 amide bonds. The monoisotopic (exact) mass is 348 g/mol. The number of benzene rings is 1. The fourth-order valence-corrected chi connectivity index (χ4v) is 3.58. The standard InChI is InChI=1S/C20H29FN2O2/c1-13(23-19(24)16-5-3-4-10-20(16,2)22)15-8-9-18(17(21)11-15)25-12-14-6-7-14/h8-9,11,13-14,16H,3-7,10,12,22H2,1-2H3,(H,23,24). The zero-order chi connectivity index (χ0) is 18.0. The number of ether oxygens (including phenoxy) is 1. The summed E-state index contributed by atoms with van der Waals surface area (Å²) in [6, 6.07) is 4.66. The van der Waals surface area contributed by atoms with E-state index in [-0.39, 0.29) is 29.4 Å². The van der Waals surface area contributed by atoms with Gasteiger partial charge in [-0.25, -0.2) is 4.39 Å². The van der Waals surface area contributed by atoms with Crippen LogP contribution in [0.15, 0.2) is 18.2 Å². The largest absolute Gasteiger partial charge is 0.490 e. The van der Waals surface area contributed by atoms with E-state index in [1.165, 1.54) is 18.9 Å². The van der Waals surface area contributed by atoms with Crippen LogP contribution >= 0.6 is 0 Å². The SMILES string of the molecule is CC(NC(=O)C1CCCCC1(C)N)c1ccc(OCC2CC2)c(F)c1. The first-order valence-corrected chi connectivity index (χ1v) is 9.38. The topological polar surface area (TPSA) is 64.4 Å². The molecule has 138 valence electrons. The predicted octanol–water partition coefficient (Wildman–Crippen LogP) is 3.70. The molecule has 0 heterocycles.